The number of carbonyl (C=O) groups is 1. The summed E-state index contributed by atoms with van der Waals surface area (Å²) < 4.78 is 30.1. The molecule has 0 spiro atoms. The van der Waals surface area contributed by atoms with Gasteiger partial charge >= 0.3 is 5.97 Å². The van der Waals surface area contributed by atoms with Gasteiger partial charge in [-0.1, -0.05) is 11.3 Å². The Labute approximate surface area is 213 Å². The zero-order valence-electron chi connectivity index (χ0n) is 19.4. The van der Waals surface area contributed by atoms with Crippen LogP contribution >= 0.6 is 0 Å². The number of aromatic nitrogens is 5. The molecule has 0 unspecified atom stereocenters. The second kappa shape index (κ2) is 8.96. The molecule has 5 aromatic rings. The number of carboxylic acids is 1. The van der Waals surface area contributed by atoms with E-state index in [1.54, 1.807) is 18.3 Å². The van der Waals surface area contributed by atoms with Gasteiger partial charge in [0.2, 0.25) is 0 Å². The van der Waals surface area contributed by atoms with Crippen molar-refractivity contribution in [3.63, 3.8) is 0 Å². The Kier molecular flexibility index (Phi) is 5.45. The highest BCUT2D eigenvalue weighted by atomic mass is 19.1. The third kappa shape index (κ3) is 4.26. The number of aliphatic imine (C=N–C) groups is 1. The van der Waals surface area contributed by atoms with Crippen LogP contribution in [0.1, 0.15) is 27.2 Å². The standard InChI is InChI=1S/C27H16F2N6O3/c28-18-10-17(11-19(29)12-18)22-7-8-25(36)35(32-22)13-15-1-6-23-21(9-15)26(30-23)24-14-34(33-31-24)20-4-2-16(3-5-20)27(37)38/h1-12,14H,13H2,(H,37,38). The van der Waals surface area contributed by atoms with Gasteiger partial charge in [-0.2, -0.15) is 5.10 Å². The molecule has 0 amide bonds. The summed E-state index contributed by atoms with van der Waals surface area (Å²) in [6.45, 7) is 0.133. The summed E-state index contributed by atoms with van der Waals surface area (Å²) in [5.74, 6) is -2.48. The van der Waals surface area contributed by atoms with Crippen LogP contribution in [0.4, 0.5) is 14.5 Å². The van der Waals surface area contributed by atoms with Crippen molar-refractivity contribution in [1.29, 1.82) is 0 Å². The number of rotatable bonds is 6. The van der Waals surface area contributed by atoms with Crippen LogP contribution in [0, 0.1) is 11.6 Å². The normalized spacial score (nSPS) is 12.0. The smallest absolute Gasteiger partial charge is 0.335 e. The highest BCUT2D eigenvalue weighted by Gasteiger charge is 2.23. The molecule has 11 heteroatoms. The lowest BCUT2D eigenvalue weighted by Crippen LogP contribution is -2.23. The fraction of sp³-hybridized carbons (Fsp3) is 0.0370. The number of fused-ring (bicyclic) bond motifs is 1. The van der Waals surface area contributed by atoms with Gasteiger partial charge in [-0.3, -0.25) is 4.79 Å². The summed E-state index contributed by atoms with van der Waals surface area (Å²) >= 11 is 0. The molecule has 0 atom stereocenters. The summed E-state index contributed by atoms with van der Waals surface area (Å²) in [6.07, 6.45) is 1.69. The maximum absolute atomic E-state index is 13.7. The minimum absolute atomic E-state index is 0.133. The SMILES string of the molecule is O=C(O)c1ccc(-n2cc(C3=Nc4ccc(Cn5nc(-c6cc(F)cc(F)c6)ccc5=O)cc43)nn2)cc1. The first-order valence-electron chi connectivity index (χ1n) is 11.4. The first-order valence-corrected chi connectivity index (χ1v) is 11.4. The molecular formula is C27H16F2N6O3. The zero-order valence-corrected chi connectivity index (χ0v) is 19.4. The van der Waals surface area contributed by atoms with E-state index in [2.05, 4.69) is 20.4 Å². The number of hydrogen-bond acceptors (Lipinski definition) is 6. The highest BCUT2D eigenvalue weighted by Crippen LogP contribution is 2.33. The van der Waals surface area contributed by atoms with Crippen molar-refractivity contribution >= 4 is 17.4 Å². The van der Waals surface area contributed by atoms with Crippen LogP contribution in [0.2, 0.25) is 0 Å². The molecule has 1 aliphatic rings. The fourth-order valence-corrected chi connectivity index (χ4v) is 4.14. The van der Waals surface area contributed by atoms with Crippen molar-refractivity contribution in [3.05, 3.63) is 123 Å². The highest BCUT2D eigenvalue weighted by molar-refractivity contribution is 6.21. The monoisotopic (exact) mass is 510 g/mol. The lowest BCUT2D eigenvalue weighted by molar-refractivity contribution is 0.0697. The molecule has 2 aromatic heterocycles. The Bertz CT molecular complexity index is 1810. The van der Waals surface area contributed by atoms with E-state index >= 15 is 0 Å². The maximum Gasteiger partial charge on any atom is 0.335 e. The molecule has 0 saturated carbocycles. The van der Waals surface area contributed by atoms with Crippen molar-refractivity contribution in [2.45, 2.75) is 6.54 Å². The first-order chi connectivity index (χ1) is 18.3. The molecule has 3 heterocycles. The number of benzene rings is 3. The van der Waals surface area contributed by atoms with Crippen LogP contribution in [0.15, 0.2) is 88.8 Å². The van der Waals surface area contributed by atoms with Gasteiger partial charge in [0.1, 0.15) is 23.0 Å². The minimum atomic E-state index is -1.01. The van der Waals surface area contributed by atoms with Gasteiger partial charge in [-0.05, 0) is 60.2 Å². The van der Waals surface area contributed by atoms with E-state index in [1.165, 1.54) is 33.6 Å². The number of aromatic carboxylic acids is 1. The summed E-state index contributed by atoms with van der Waals surface area (Å²) in [7, 11) is 0. The van der Waals surface area contributed by atoms with Crippen molar-refractivity contribution in [2.24, 2.45) is 4.99 Å². The molecule has 38 heavy (non-hydrogen) atoms. The summed E-state index contributed by atoms with van der Waals surface area (Å²) in [6, 6.07) is 17.6. The summed E-state index contributed by atoms with van der Waals surface area (Å²) in [5.41, 5.74) is 4.45. The van der Waals surface area contributed by atoms with Gasteiger partial charge in [0.15, 0.2) is 0 Å². The Morgan fingerprint density at radius 1 is 0.895 bits per heavy atom. The van der Waals surface area contributed by atoms with Gasteiger partial charge in [0.05, 0.1) is 35.4 Å². The van der Waals surface area contributed by atoms with Crippen LogP contribution in [0.5, 0.6) is 0 Å². The lowest BCUT2D eigenvalue weighted by Gasteiger charge is -2.18. The van der Waals surface area contributed by atoms with E-state index in [-0.39, 0.29) is 28.9 Å². The molecule has 0 saturated heterocycles. The fourth-order valence-electron chi connectivity index (χ4n) is 4.14. The Morgan fingerprint density at radius 3 is 2.39 bits per heavy atom. The zero-order chi connectivity index (χ0) is 26.4. The quantitative estimate of drug-likeness (QED) is 0.362. The van der Waals surface area contributed by atoms with Gasteiger partial charge in [-0.15, -0.1) is 5.10 Å². The average molecular weight is 510 g/mol. The van der Waals surface area contributed by atoms with E-state index in [0.717, 1.165) is 35.0 Å². The molecule has 3 aromatic carbocycles. The molecular weight excluding hydrogens is 494 g/mol. The Hall–Kier alpha value is -5.32. The first kappa shape index (κ1) is 23.1. The minimum Gasteiger partial charge on any atom is -0.478 e. The third-order valence-corrected chi connectivity index (χ3v) is 6.02. The Balaban J connectivity index is 1.24. The molecule has 9 nitrogen and oxygen atoms in total. The number of hydrogen-bond donors (Lipinski definition) is 1. The number of nitrogens with zero attached hydrogens (tertiary/aromatic N) is 6. The molecule has 0 fully saturated rings. The van der Waals surface area contributed by atoms with Crippen LogP contribution in [-0.2, 0) is 6.54 Å². The van der Waals surface area contributed by atoms with Crippen molar-refractivity contribution in [2.75, 3.05) is 0 Å². The Morgan fingerprint density at radius 2 is 1.66 bits per heavy atom. The van der Waals surface area contributed by atoms with Crippen LogP contribution in [0.25, 0.3) is 16.9 Å². The lowest BCUT2D eigenvalue weighted by atomic mass is 9.97. The summed E-state index contributed by atoms with van der Waals surface area (Å²) in [5, 5.41) is 21.7. The van der Waals surface area contributed by atoms with Gasteiger partial charge in [0.25, 0.3) is 5.56 Å². The second-order valence-electron chi connectivity index (χ2n) is 8.58. The van der Waals surface area contributed by atoms with Crippen molar-refractivity contribution in [3.8, 4) is 16.9 Å². The van der Waals surface area contributed by atoms with Crippen LogP contribution in [0.3, 0.4) is 0 Å². The van der Waals surface area contributed by atoms with Crippen molar-refractivity contribution in [1.82, 2.24) is 24.8 Å². The molecule has 0 bridgehead atoms. The van der Waals surface area contributed by atoms with Gasteiger partial charge in [0, 0.05) is 23.3 Å². The summed E-state index contributed by atoms with van der Waals surface area (Å²) in [4.78, 5) is 28.0. The predicted molar refractivity (Wildman–Crippen MR) is 133 cm³/mol. The topological polar surface area (TPSA) is 115 Å². The number of carboxylic acid groups (broad SMARTS) is 1. The molecule has 1 N–H and O–H groups in total. The van der Waals surface area contributed by atoms with Gasteiger partial charge in [-0.25, -0.2) is 27.9 Å². The maximum atomic E-state index is 13.7. The van der Waals surface area contributed by atoms with E-state index in [9.17, 15) is 18.4 Å². The van der Waals surface area contributed by atoms with Gasteiger partial charge < -0.3 is 5.11 Å². The molecule has 186 valence electrons. The second-order valence-corrected chi connectivity index (χ2v) is 8.58. The van der Waals surface area contributed by atoms with Crippen LogP contribution in [-0.4, -0.2) is 41.6 Å². The molecule has 0 radical (unpaired) electrons. The predicted octanol–water partition coefficient (Wildman–Crippen LogP) is 4.00. The average Bonchev–Trinajstić information content (AvgIpc) is 3.36. The van der Waals surface area contributed by atoms with E-state index in [0.29, 0.717) is 17.1 Å². The van der Waals surface area contributed by atoms with E-state index in [1.807, 2.05) is 18.2 Å². The molecule has 0 aliphatic carbocycles. The largest absolute Gasteiger partial charge is 0.478 e. The van der Waals surface area contributed by atoms with E-state index < -0.39 is 17.6 Å². The molecule has 6 rings (SSSR count). The van der Waals surface area contributed by atoms with Crippen molar-refractivity contribution < 1.29 is 18.7 Å². The number of halogens is 2. The third-order valence-electron chi connectivity index (χ3n) is 6.02. The van der Waals surface area contributed by atoms with E-state index in [4.69, 9.17) is 5.11 Å². The molecule has 1 aliphatic heterocycles. The van der Waals surface area contributed by atoms with Crippen LogP contribution < -0.4 is 5.56 Å².